The van der Waals surface area contributed by atoms with E-state index in [1.165, 1.54) is 5.56 Å². The predicted molar refractivity (Wildman–Crippen MR) is 64.4 cm³/mol. The number of rotatable bonds is 2. The topological polar surface area (TPSA) is 17.1 Å². The molecule has 0 saturated carbocycles. The minimum Gasteiger partial charge on any atom is -0.281 e. The molecule has 1 aromatic carbocycles. The fourth-order valence-corrected chi connectivity index (χ4v) is 1.53. The summed E-state index contributed by atoms with van der Waals surface area (Å²) in [5.74, 6) is -0.222. The molecule has 0 spiro atoms. The molecule has 2 heteroatoms. The minimum atomic E-state index is -0.307. The molecule has 0 N–H and O–H groups in total. The molecular weight excluding hydrogens is 208 g/mol. The Bertz CT molecular complexity index is 346. The first-order chi connectivity index (χ1) is 6.82. The van der Waals surface area contributed by atoms with Gasteiger partial charge in [-0.3, -0.25) is 4.79 Å². The van der Waals surface area contributed by atoms with Gasteiger partial charge in [0.1, 0.15) is 0 Å². The molecule has 1 unspecified atom stereocenters. The van der Waals surface area contributed by atoms with Crippen LogP contribution in [0, 0.1) is 0 Å². The second kappa shape index (κ2) is 4.36. The molecule has 1 nitrogen and oxygen atoms in total. The van der Waals surface area contributed by atoms with E-state index in [-0.39, 0.29) is 16.6 Å². The van der Waals surface area contributed by atoms with Crippen molar-refractivity contribution in [1.82, 2.24) is 0 Å². The molecule has 0 aliphatic carbocycles. The minimum absolute atomic E-state index is 0.146. The Labute approximate surface area is 96.5 Å². The van der Waals surface area contributed by atoms with Crippen LogP contribution in [0.5, 0.6) is 0 Å². The van der Waals surface area contributed by atoms with E-state index in [2.05, 4.69) is 32.9 Å². The third-order valence-electron chi connectivity index (χ3n) is 2.62. The van der Waals surface area contributed by atoms with Crippen LogP contribution in [-0.2, 0) is 10.2 Å². The largest absolute Gasteiger partial charge is 0.281 e. The number of benzene rings is 1. The Kier molecular flexibility index (Phi) is 3.56. The standard InChI is InChI=1S/C13H17ClO/c1-9(12(14)15)10-5-7-11(8-6-10)13(2,3)4/h5-9H,1-4H3. The lowest BCUT2D eigenvalue weighted by Gasteiger charge is -2.19. The van der Waals surface area contributed by atoms with Crippen molar-refractivity contribution in [1.29, 1.82) is 0 Å². The summed E-state index contributed by atoms with van der Waals surface area (Å²) in [5.41, 5.74) is 2.38. The van der Waals surface area contributed by atoms with E-state index in [4.69, 9.17) is 11.6 Å². The second-order valence-corrected chi connectivity index (χ2v) is 5.27. The number of carbonyl (C=O) groups is 1. The van der Waals surface area contributed by atoms with Gasteiger partial charge in [0, 0.05) is 0 Å². The fraction of sp³-hybridized carbons (Fsp3) is 0.462. The smallest absolute Gasteiger partial charge is 0.228 e. The summed E-state index contributed by atoms with van der Waals surface area (Å²) in [6.07, 6.45) is 0. The van der Waals surface area contributed by atoms with Crippen LogP contribution < -0.4 is 0 Å². The van der Waals surface area contributed by atoms with Crippen molar-refractivity contribution in [3.63, 3.8) is 0 Å². The third-order valence-corrected chi connectivity index (χ3v) is 2.94. The van der Waals surface area contributed by atoms with E-state index in [9.17, 15) is 4.79 Å². The summed E-state index contributed by atoms with van der Waals surface area (Å²) in [6, 6.07) is 8.08. The van der Waals surface area contributed by atoms with E-state index in [1.807, 2.05) is 19.1 Å². The van der Waals surface area contributed by atoms with Crippen LogP contribution in [0.15, 0.2) is 24.3 Å². The van der Waals surface area contributed by atoms with Crippen molar-refractivity contribution in [2.75, 3.05) is 0 Å². The third kappa shape index (κ3) is 3.07. The van der Waals surface area contributed by atoms with Gasteiger partial charge in [0.25, 0.3) is 0 Å². The molecule has 0 fully saturated rings. The zero-order valence-corrected chi connectivity index (χ0v) is 10.4. The van der Waals surface area contributed by atoms with Crippen LogP contribution in [0.3, 0.4) is 0 Å². The van der Waals surface area contributed by atoms with Crippen LogP contribution >= 0.6 is 11.6 Å². The molecule has 0 aliphatic heterocycles. The molecule has 0 radical (unpaired) electrons. The van der Waals surface area contributed by atoms with E-state index in [0.717, 1.165) is 5.56 Å². The number of hydrogen-bond donors (Lipinski definition) is 0. The van der Waals surface area contributed by atoms with Crippen LogP contribution in [0.4, 0.5) is 0 Å². The van der Waals surface area contributed by atoms with Gasteiger partial charge >= 0.3 is 0 Å². The van der Waals surface area contributed by atoms with E-state index < -0.39 is 0 Å². The summed E-state index contributed by atoms with van der Waals surface area (Å²) in [5, 5.41) is -0.307. The zero-order valence-electron chi connectivity index (χ0n) is 9.67. The monoisotopic (exact) mass is 224 g/mol. The van der Waals surface area contributed by atoms with Crippen molar-refractivity contribution >= 4 is 16.8 Å². The molecule has 0 amide bonds. The first-order valence-corrected chi connectivity index (χ1v) is 5.50. The van der Waals surface area contributed by atoms with Gasteiger partial charge in [0.15, 0.2) is 0 Å². The average Bonchev–Trinajstić information content (AvgIpc) is 2.15. The number of carbonyl (C=O) groups excluding carboxylic acids is 1. The van der Waals surface area contributed by atoms with Gasteiger partial charge < -0.3 is 0 Å². The van der Waals surface area contributed by atoms with Gasteiger partial charge in [0.2, 0.25) is 5.24 Å². The molecule has 1 aromatic rings. The Morgan fingerprint density at radius 1 is 1.20 bits per heavy atom. The van der Waals surface area contributed by atoms with Crippen LogP contribution in [0.2, 0.25) is 0 Å². The van der Waals surface area contributed by atoms with Crippen LogP contribution in [-0.4, -0.2) is 5.24 Å². The van der Waals surface area contributed by atoms with Gasteiger partial charge in [-0.1, -0.05) is 52.0 Å². The molecule has 0 saturated heterocycles. The summed E-state index contributed by atoms with van der Waals surface area (Å²) in [4.78, 5) is 11.0. The Balaban J connectivity index is 2.95. The molecule has 0 aliphatic rings. The van der Waals surface area contributed by atoms with Crippen LogP contribution in [0.25, 0.3) is 0 Å². The molecule has 1 rings (SSSR count). The Morgan fingerprint density at radius 2 is 1.67 bits per heavy atom. The zero-order chi connectivity index (χ0) is 11.6. The second-order valence-electron chi connectivity index (χ2n) is 4.90. The highest BCUT2D eigenvalue weighted by Crippen LogP contribution is 2.25. The maximum atomic E-state index is 11.0. The normalized spacial score (nSPS) is 13.7. The fourth-order valence-electron chi connectivity index (χ4n) is 1.40. The lowest BCUT2D eigenvalue weighted by molar-refractivity contribution is -0.112. The van der Waals surface area contributed by atoms with Gasteiger partial charge in [-0.2, -0.15) is 0 Å². The maximum absolute atomic E-state index is 11.0. The summed E-state index contributed by atoms with van der Waals surface area (Å²) < 4.78 is 0. The van der Waals surface area contributed by atoms with Crippen molar-refractivity contribution in [3.8, 4) is 0 Å². The van der Waals surface area contributed by atoms with Crippen molar-refractivity contribution in [2.24, 2.45) is 0 Å². The first-order valence-electron chi connectivity index (χ1n) is 5.12. The van der Waals surface area contributed by atoms with Crippen molar-refractivity contribution in [3.05, 3.63) is 35.4 Å². The molecule has 0 bridgehead atoms. The van der Waals surface area contributed by atoms with E-state index in [0.29, 0.717) is 0 Å². The first kappa shape index (κ1) is 12.3. The molecular formula is C13H17ClO. The Hall–Kier alpha value is -0.820. The molecule has 1 atom stereocenters. The lowest BCUT2D eigenvalue weighted by Crippen LogP contribution is -2.11. The number of halogens is 1. The predicted octanol–water partition coefficient (Wildman–Crippen LogP) is 3.85. The van der Waals surface area contributed by atoms with E-state index in [1.54, 1.807) is 0 Å². The highest BCUT2D eigenvalue weighted by molar-refractivity contribution is 6.64. The molecule has 0 aromatic heterocycles. The summed E-state index contributed by atoms with van der Waals surface area (Å²) in [6.45, 7) is 8.32. The maximum Gasteiger partial charge on any atom is 0.228 e. The average molecular weight is 225 g/mol. The molecule has 82 valence electrons. The van der Waals surface area contributed by atoms with Crippen molar-refractivity contribution in [2.45, 2.75) is 39.0 Å². The van der Waals surface area contributed by atoms with Gasteiger partial charge in [0.05, 0.1) is 5.92 Å². The lowest BCUT2D eigenvalue weighted by atomic mass is 9.86. The van der Waals surface area contributed by atoms with Crippen molar-refractivity contribution < 1.29 is 4.79 Å². The van der Waals surface area contributed by atoms with Gasteiger partial charge in [-0.05, 0) is 28.1 Å². The Morgan fingerprint density at radius 3 is 2.00 bits per heavy atom. The molecule has 15 heavy (non-hydrogen) atoms. The van der Waals surface area contributed by atoms with Crippen LogP contribution in [0.1, 0.15) is 44.7 Å². The SMILES string of the molecule is CC(C(=O)Cl)c1ccc(C(C)(C)C)cc1. The van der Waals surface area contributed by atoms with Gasteiger partial charge in [-0.15, -0.1) is 0 Å². The molecule has 0 heterocycles. The quantitative estimate of drug-likeness (QED) is 0.698. The number of hydrogen-bond acceptors (Lipinski definition) is 1. The van der Waals surface area contributed by atoms with Gasteiger partial charge in [-0.25, -0.2) is 0 Å². The van der Waals surface area contributed by atoms with E-state index >= 15 is 0 Å². The highest BCUT2D eigenvalue weighted by Gasteiger charge is 2.16. The highest BCUT2D eigenvalue weighted by atomic mass is 35.5. The summed E-state index contributed by atoms with van der Waals surface area (Å²) in [7, 11) is 0. The summed E-state index contributed by atoms with van der Waals surface area (Å²) >= 11 is 5.45.